The number of hydrogen-bond acceptors (Lipinski definition) is 2. The summed E-state index contributed by atoms with van der Waals surface area (Å²) in [7, 11) is 0. The molecule has 0 spiro atoms. The number of aryl methyl sites for hydroxylation is 1. The molecule has 15 heavy (non-hydrogen) atoms. The van der Waals surface area contributed by atoms with Gasteiger partial charge in [-0.2, -0.15) is 5.26 Å². The molecule has 0 aliphatic heterocycles. The molecule has 2 nitrogen and oxygen atoms in total. The van der Waals surface area contributed by atoms with Gasteiger partial charge in [-0.3, -0.25) is 0 Å². The molecule has 0 saturated carbocycles. The van der Waals surface area contributed by atoms with Crippen molar-refractivity contribution < 1.29 is 8.78 Å². The Kier molecular flexibility index (Phi) is 2.09. The van der Waals surface area contributed by atoms with E-state index in [0.29, 0.717) is 5.56 Å². The Balaban J connectivity index is 2.98. The topological polar surface area (TPSA) is 36.7 Å². The molecule has 0 bridgehead atoms. The van der Waals surface area contributed by atoms with E-state index >= 15 is 0 Å². The number of benzene rings is 1. The van der Waals surface area contributed by atoms with Crippen molar-refractivity contribution in [2.24, 2.45) is 0 Å². The fourth-order valence-electron chi connectivity index (χ4n) is 1.51. The van der Waals surface area contributed by atoms with Crippen LogP contribution in [0.2, 0.25) is 0 Å². The van der Waals surface area contributed by atoms with Crippen molar-refractivity contribution in [3.8, 4) is 6.07 Å². The van der Waals surface area contributed by atoms with Crippen LogP contribution in [-0.4, -0.2) is 4.98 Å². The van der Waals surface area contributed by atoms with Gasteiger partial charge in [0, 0.05) is 5.39 Å². The standard InChI is InChI=1S/C11H6F2N2/c1-6-4-7(5-14)15-11-9(13)3-2-8(12)10(6)11/h2-4H,1H3. The maximum atomic E-state index is 13.4. The van der Waals surface area contributed by atoms with Crippen LogP contribution in [-0.2, 0) is 0 Å². The van der Waals surface area contributed by atoms with Crippen molar-refractivity contribution in [3.05, 3.63) is 41.1 Å². The number of nitriles is 1. The van der Waals surface area contributed by atoms with Crippen LogP contribution < -0.4 is 0 Å². The van der Waals surface area contributed by atoms with Gasteiger partial charge < -0.3 is 0 Å². The van der Waals surface area contributed by atoms with Crippen LogP contribution in [0.5, 0.6) is 0 Å². The number of nitrogens with zero attached hydrogens (tertiary/aromatic N) is 2. The number of fused-ring (bicyclic) bond motifs is 1. The molecule has 2 aromatic rings. The third-order valence-corrected chi connectivity index (χ3v) is 2.17. The Morgan fingerprint density at radius 2 is 1.93 bits per heavy atom. The van der Waals surface area contributed by atoms with Crippen LogP contribution in [0.25, 0.3) is 10.9 Å². The molecule has 0 N–H and O–H groups in total. The van der Waals surface area contributed by atoms with Gasteiger partial charge in [0.1, 0.15) is 28.9 Å². The highest BCUT2D eigenvalue weighted by molar-refractivity contribution is 5.83. The van der Waals surface area contributed by atoms with Crippen LogP contribution in [0.4, 0.5) is 8.78 Å². The average molecular weight is 204 g/mol. The number of aromatic nitrogens is 1. The SMILES string of the molecule is Cc1cc(C#N)nc2c(F)ccc(F)c12. The average Bonchev–Trinajstić information content (AvgIpc) is 2.23. The van der Waals surface area contributed by atoms with E-state index in [9.17, 15) is 8.78 Å². The molecular formula is C11H6F2N2. The highest BCUT2D eigenvalue weighted by Gasteiger charge is 2.11. The first-order valence-electron chi connectivity index (χ1n) is 4.29. The fourth-order valence-corrected chi connectivity index (χ4v) is 1.51. The number of pyridine rings is 1. The molecule has 0 fully saturated rings. The van der Waals surface area contributed by atoms with E-state index in [0.717, 1.165) is 12.1 Å². The van der Waals surface area contributed by atoms with E-state index in [4.69, 9.17) is 5.26 Å². The molecule has 0 amide bonds. The Bertz CT molecular complexity index is 585. The van der Waals surface area contributed by atoms with E-state index in [-0.39, 0.29) is 16.6 Å². The Hall–Kier alpha value is -2.02. The zero-order valence-electron chi connectivity index (χ0n) is 7.88. The van der Waals surface area contributed by atoms with Crippen molar-refractivity contribution in [2.75, 3.05) is 0 Å². The maximum Gasteiger partial charge on any atom is 0.149 e. The second kappa shape index (κ2) is 3.28. The van der Waals surface area contributed by atoms with Gasteiger partial charge in [-0.25, -0.2) is 13.8 Å². The largest absolute Gasteiger partial charge is 0.234 e. The first-order valence-corrected chi connectivity index (χ1v) is 4.29. The number of halogens is 2. The second-order valence-corrected chi connectivity index (χ2v) is 3.19. The van der Waals surface area contributed by atoms with Crippen LogP contribution >= 0.6 is 0 Å². The molecule has 0 radical (unpaired) electrons. The molecule has 0 saturated heterocycles. The van der Waals surface area contributed by atoms with E-state index < -0.39 is 11.6 Å². The summed E-state index contributed by atoms with van der Waals surface area (Å²) in [6.07, 6.45) is 0. The molecule has 1 aromatic carbocycles. The fraction of sp³-hybridized carbons (Fsp3) is 0.0909. The summed E-state index contributed by atoms with van der Waals surface area (Å²) in [6.45, 7) is 1.62. The van der Waals surface area contributed by atoms with Crippen molar-refractivity contribution in [2.45, 2.75) is 6.92 Å². The predicted octanol–water partition coefficient (Wildman–Crippen LogP) is 2.69. The Morgan fingerprint density at radius 3 is 2.60 bits per heavy atom. The normalized spacial score (nSPS) is 10.3. The molecule has 0 unspecified atom stereocenters. The smallest absolute Gasteiger partial charge is 0.149 e. The van der Waals surface area contributed by atoms with E-state index in [2.05, 4.69) is 4.98 Å². The van der Waals surface area contributed by atoms with Crippen molar-refractivity contribution in [3.63, 3.8) is 0 Å². The van der Waals surface area contributed by atoms with Crippen molar-refractivity contribution in [1.29, 1.82) is 5.26 Å². The summed E-state index contributed by atoms with van der Waals surface area (Å²) in [5, 5.41) is 8.79. The van der Waals surface area contributed by atoms with E-state index in [1.165, 1.54) is 6.07 Å². The lowest BCUT2D eigenvalue weighted by atomic mass is 10.1. The Labute approximate surface area is 84.8 Å². The van der Waals surface area contributed by atoms with Gasteiger partial charge in [0.15, 0.2) is 0 Å². The van der Waals surface area contributed by atoms with Gasteiger partial charge in [-0.15, -0.1) is 0 Å². The molecule has 1 aromatic heterocycles. The van der Waals surface area contributed by atoms with Crippen LogP contribution in [0, 0.1) is 29.9 Å². The monoisotopic (exact) mass is 204 g/mol. The molecule has 0 atom stereocenters. The molecule has 2 rings (SSSR count). The summed E-state index contributed by atoms with van der Waals surface area (Å²) < 4.78 is 26.7. The van der Waals surface area contributed by atoms with Gasteiger partial charge in [-0.05, 0) is 30.7 Å². The maximum absolute atomic E-state index is 13.4. The second-order valence-electron chi connectivity index (χ2n) is 3.19. The lowest BCUT2D eigenvalue weighted by Crippen LogP contribution is -1.94. The van der Waals surface area contributed by atoms with Gasteiger partial charge in [0.2, 0.25) is 0 Å². The first-order chi connectivity index (χ1) is 7.13. The van der Waals surface area contributed by atoms with E-state index in [1.807, 2.05) is 0 Å². The molecule has 0 aliphatic carbocycles. The quantitative estimate of drug-likeness (QED) is 0.661. The van der Waals surface area contributed by atoms with Crippen LogP contribution in [0.1, 0.15) is 11.3 Å². The minimum absolute atomic E-state index is 0.0875. The summed E-state index contributed by atoms with van der Waals surface area (Å²) >= 11 is 0. The van der Waals surface area contributed by atoms with E-state index in [1.54, 1.807) is 13.0 Å². The summed E-state index contributed by atoms with van der Waals surface area (Å²) in [5.74, 6) is -1.15. The molecular weight excluding hydrogens is 198 g/mol. The predicted molar refractivity (Wildman–Crippen MR) is 51.1 cm³/mol. The molecule has 4 heteroatoms. The minimum atomic E-state index is -0.619. The third-order valence-electron chi connectivity index (χ3n) is 2.17. The zero-order chi connectivity index (χ0) is 11.0. The van der Waals surface area contributed by atoms with Gasteiger partial charge >= 0.3 is 0 Å². The van der Waals surface area contributed by atoms with Crippen LogP contribution in [0.15, 0.2) is 18.2 Å². The zero-order valence-corrected chi connectivity index (χ0v) is 7.88. The lowest BCUT2D eigenvalue weighted by Gasteiger charge is -2.04. The van der Waals surface area contributed by atoms with Gasteiger partial charge in [0.05, 0.1) is 0 Å². The highest BCUT2D eigenvalue weighted by atomic mass is 19.1. The van der Waals surface area contributed by atoms with Crippen LogP contribution in [0.3, 0.4) is 0 Å². The lowest BCUT2D eigenvalue weighted by molar-refractivity contribution is 0.614. The minimum Gasteiger partial charge on any atom is -0.234 e. The van der Waals surface area contributed by atoms with Crippen molar-refractivity contribution in [1.82, 2.24) is 4.98 Å². The molecule has 74 valence electrons. The molecule has 1 heterocycles. The first kappa shape index (κ1) is 9.53. The molecule has 0 aliphatic rings. The number of hydrogen-bond donors (Lipinski definition) is 0. The van der Waals surface area contributed by atoms with Gasteiger partial charge in [-0.1, -0.05) is 0 Å². The summed E-state index contributed by atoms with van der Waals surface area (Å²) in [4.78, 5) is 3.74. The van der Waals surface area contributed by atoms with Crippen molar-refractivity contribution >= 4 is 10.9 Å². The third kappa shape index (κ3) is 1.42. The Morgan fingerprint density at radius 1 is 1.27 bits per heavy atom. The van der Waals surface area contributed by atoms with Gasteiger partial charge in [0.25, 0.3) is 0 Å². The summed E-state index contributed by atoms with van der Waals surface area (Å²) in [6, 6.07) is 5.30. The summed E-state index contributed by atoms with van der Waals surface area (Å²) in [5.41, 5.74) is 0.504. The highest BCUT2D eigenvalue weighted by Crippen LogP contribution is 2.23. The number of rotatable bonds is 0.